The first-order chi connectivity index (χ1) is 13.4. The van der Waals surface area contributed by atoms with Gasteiger partial charge in [-0.1, -0.05) is 6.07 Å². The summed E-state index contributed by atoms with van der Waals surface area (Å²) in [4.78, 5) is 35.2. The molecular weight excluding hydrogens is 371 g/mol. The lowest BCUT2D eigenvalue weighted by Gasteiger charge is -2.11. The molecule has 0 radical (unpaired) electrons. The largest absolute Gasteiger partial charge is 0.494 e. The van der Waals surface area contributed by atoms with Crippen molar-refractivity contribution >= 4 is 17.3 Å². The van der Waals surface area contributed by atoms with Crippen LogP contribution in [0, 0.1) is 15.9 Å². The first kappa shape index (κ1) is 18.7. The van der Waals surface area contributed by atoms with Gasteiger partial charge in [0, 0.05) is 17.8 Å². The highest BCUT2D eigenvalue weighted by Gasteiger charge is 2.19. The summed E-state index contributed by atoms with van der Waals surface area (Å²) >= 11 is 0. The Hall–Kier alpha value is -4.08. The van der Waals surface area contributed by atoms with E-state index in [9.17, 15) is 24.1 Å². The predicted octanol–water partition coefficient (Wildman–Crippen LogP) is 2.54. The minimum absolute atomic E-state index is 0.0775. The fourth-order valence-corrected chi connectivity index (χ4v) is 2.41. The van der Waals surface area contributed by atoms with Gasteiger partial charge in [0.25, 0.3) is 17.2 Å². The maximum absolute atomic E-state index is 13.1. The van der Waals surface area contributed by atoms with Crippen molar-refractivity contribution in [3.05, 3.63) is 86.6 Å². The molecule has 0 aliphatic rings. The summed E-state index contributed by atoms with van der Waals surface area (Å²) in [5.41, 5.74) is -0.594. The number of anilines is 1. The fraction of sp³-hybridized carbons (Fsp3) is 0.0556. The second-order valence-corrected chi connectivity index (χ2v) is 5.55. The third-order valence-corrected chi connectivity index (χ3v) is 3.72. The summed E-state index contributed by atoms with van der Waals surface area (Å²) in [6, 6.07) is 11.4. The van der Waals surface area contributed by atoms with Gasteiger partial charge in [-0.3, -0.25) is 19.7 Å². The molecule has 0 unspecified atom stereocenters. The van der Waals surface area contributed by atoms with Crippen LogP contribution < -0.4 is 15.6 Å². The molecule has 0 spiro atoms. The van der Waals surface area contributed by atoms with E-state index >= 15 is 0 Å². The average Bonchev–Trinajstić information content (AvgIpc) is 2.68. The minimum atomic E-state index is -0.742. The maximum Gasteiger partial charge on any atom is 0.280 e. The van der Waals surface area contributed by atoms with E-state index < -0.39 is 22.2 Å². The second-order valence-electron chi connectivity index (χ2n) is 5.55. The van der Waals surface area contributed by atoms with Gasteiger partial charge in [-0.2, -0.15) is 9.78 Å². The molecule has 0 saturated carbocycles. The Morgan fingerprint density at radius 2 is 1.93 bits per heavy atom. The van der Waals surface area contributed by atoms with Crippen molar-refractivity contribution in [2.45, 2.75) is 0 Å². The standard InChI is InChI=1S/C18H13FN4O5/c1-28-15-10-16(24)22(13-7-5-11(19)6-8-13)21-17(15)18(25)20-12-3-2-4-14(9-12)23(26)27/h2-10H,1H3,(H,20,25). The highest BCUT2D eigenvalue weighted by atomic mass is 19.1. The number of nitrogens with one attached hydrogen (secondary N) is 1. The summed E-state index contributed by atoms with van der Waals surface area (Å²) < 4.78 is 19.1. The van der Waals surface area contributed by atoms with Crippen molar-refractivity contribution in [2.24, 2.45) is 0 Å². The SMILES string of the molecule is COc1cc(=O)n(-c2ccc(F)cc2)nc1C(=O)Nc1cccc([N+](=O)[O-])c1. The number of nitrogens with zero attached hydrogens (tertiary/aromatic N) is 3. The van der Waals surface area contributed by atoms with E-state index in [2.05, 4.69) is 10.4 Å². The summed E-state index contributed by atoms with van der Waals surface area (Å²) in [6.45, 7) is 0. The average molecular weight is 384 g/mol. The molecule has 1 aromatic heterocycles. The Morgan fingerprint density at radius 1 is 1.21 bits per heavy atom. The van der Waals surface area contributed by atoms with Gasteiger partial charge >= 0.3 is 0 Å². The molecule has 2 aromatic carbocycles. The molecule has 1 amide bonds. The lowest BCUT2D eigenvalue weighted by molar-refractivity contribution is -0.384. The maximum atomic E-state index is 13.1. The fourth-order valence-electron chi connectivity index (χ4n) is 2.41. The predicted molar refractivity (Wildman–Crippen MR) is 97.4 cm³/mol. The van der Waals surface area contributed by atoms with Crippen LogP contribution in [0.5, 0.6) is 5.75 Å². The van der Waals surface area contributed by atoms with E-state index in [1.165, 1.54) is 43.5 Å². The second kappa shape index (κ2) is 7.66. The molecule has 28 heavy (non-hydrogen) atoms. The van der Waals surface area contributed by atoms with Crippen molar-refractivity contribution in [1.29, 1.82) is 0 Å². The number of benzene rings is 2. The smallest absolute Gasteiger partial charge is 0.280 e. The molecule has 1 N–H and O–H groups in total. The number of amides is 1. The molecule has 3 rings (SSSR count). The van der Waals surface area contributed by atoms with Crippen molar-refractivity contribution < 1.29 is 18.8 Å². The molecule has 0 saturated heterocycles. The van der Waals surface area contributed by atoms with Crippen molar-refractivity contribution in [1.82, 2.24) is 9.78 Å². The van der Waals surface area contributed by atoms with E-state index in [1.54, 1.807) is 0 Å². The van der Waals surface area contributed by atoms with Gasteiger partial charge in [0.05, 0.1) is 23.8 Å². The Labute approximate surface area is 157 Å². The number of methoxy groups -OCH3 is 1. The lowest BCUT2D eigenvalue weighted by Crippen LogP contribution is -2.26. The van der Waals surface area contributed by atoms with E-state index in [-0.39, 0.29) is 28.5 Å². The molecule has 9 nitrogen and oxygen atoms in total. The van der Waals surface area contributed by atoms with Gasteiger partial charge in [-0.15, -0.1) is 0 Å². The monoisotopic (exact) mass is 384 g/mol. The van der Waals surface area contributed by atoms with Gasteiger partial charge < -0.3 is 10.1 Å². The number of halogens is 1. The quantitative estimate of drug-likeness (QED) is 0.534. The van der Waals surface area contributed by atoms with Crippen LogP contribution in [0.1, 0.15) is 10.5 Å². The van der Waals surface area contributed by atoms with Crippen molar-refractivity contribution in [3.8, 4) is 11.4 Å². The van der Waals surface area contributed by atoms with Crippen LogP contribution >= 0.6 is 0 Å². The van der Waals surface area contributed by atoms with Crippen LogP contribution in [-0.2, 0) is 0 Å². The number of hydrogen-bond donors (Lipinski definition) is 1. The molecule has 3 aromatic rings. The zero-order chi connectivity index (χ0) is 20.3. The lowest BCUT2D eigenvalue weighted by atomic mass is 10.2. The summed E-state index contributed by atoms with van der Waals surface area (Å²) in [5.74, 6) is -1.31. The van der Waals surface area contributed by atoms with E-state index in [0.717, 1.165) is 22.9 Å². The molecule has 0 fully saturated rings. The third kappa shape index (κ3) is 3.85. The normalized spacial score (nSPS) is 10.4. The first-order valence-electron chi connectivity index (χ1n) is 7.89. The Bertz CT molecular complexity index is 1110. The molecular formula is C18H13FN4O5. The molecule has 1 heterocycles. The molecule has 0 aliphatic carbocycles. The number of carbonyl (C=O) groups excluding carboxylic acids is 1. The molecule has 10 heteroatoms. The molecule has 0 aliphatic heterocycles. The number of nitro benzene ring substituents is 1. The Morgan fingerprint density at radius 3 is 2.57 bits per heavy atom. The third-order valence-electron chi connectivity index (χ3n) is 3.72. The zero-order valence-corrected chi connectivity index (χ0v) is 14.5. The van der Waals surface area contributed by atoms with E-state index in [0.29, 0.717) is 0 Å². The summed E-state index contributed by atoms with van der Waals surface area (Å²) in [6.07, 6.45) is 0. The van der Waals surface area contributed by atoms with Gasteiger partial charge in [0.15, 0.2) is 11.4 Å². The van der Waals surface area contributed by atoms with Crippen LogP contribution in [0.3, 0.4) is 0 Å². The Kier molecular flexibility index (Phi) is 5.12. The summed E-state index contributed by atoms with van der Waals surface area (Å²) in [7, 11) is 1.27. The van der Waals surface area contributed by atoms with Gasteiger partial charge in [0.2, 0.25) is 0 Å². The highest BCUT2D eigenvalue weighted by molar-refractivity contribution is 6.04. The van der Waals surface area contributed by atoms with Crippen LogP contribution in [0.4, 0.5) is 15.8 Å². The minimum Gasteiger partial charge on any atom is -0.494 e. The van der Waals surface area contributed by atoms with Gasteiger partial charge in [-0.05, 0) is 30.3 Å². The number of non-ortho nitro benzene ring substituents is 1. The van der Waals surface area contributed by atoms with Gasteiger partial charge in [-0.25, -0.2) is 4.39 Å². The molecule has 142 valence electrons. The number of aromatic nitrogens is 2. The number of carbonyl (C=O) groups is 1. The number of ether oxygens (including phenoxy) is 1. The van der Waals surface area contributed by atoms with Crippen LogP contribution in [0.2, 0.25) is 0 Å². The number of hydrogen-bond acceptors (Lipinski definition) is 6. The van der Waals surface area contributed by atoms with Gasteiger partial charge in [0.1, 0.15) is 5.82 Å². The molecule has 0 bridgehead atoms. The number of nitro groups is 1. The Balaban J connectivity index is 2.00. The van der Waals surface area contributed by atoms with Crippen molar-refractivity contribution in [3.63, 3.8) is 0 Å². The highest BCUT2D eigenvalue weighted by Crippen LogP contribution is 2.20. The molecule has 0 atom stereocenters. The van der Waals surface area contributed by atoms with E-state index in [4.69, 9.17) is 4.74 Å². The topological polar surface area (TPSA) is 116 Å². The van der Waals surface area contributed by atoms with E-state index in [1.807, 2.05) is 0 Å². The zero-order valence-electron chi connectivity index (χ0n) is 14.5. The number of rotatable bonds is 5. The van der Waals surface area contributed by atoms with Crippen LogP contribution in [-0.4, -0.2) is 27.7 Å². The van der Waals surface area contributed by atoms with Crippen molar-refractivity contribution in [2.75, 3.05) is 12.4 Å². The van der Waals surface area contributed by atoms with Crippen LogP contribution in [0.15, 0.2) is 59.4 Å². The summed E-state index contributed by atoms with van der Waals surface area (Å²) in [5, 5.41) is 17.3. The first-order valence-corrected chi connectivity index (χ1v) is 7.89. The van der Waals surface area contributed by atoms with Crippen LogP contribution in [0.25, 0.3) is 5.69 Å².